The van der Waals surface area contributed by atoms with Crippen LogP contribution < -0.4 is 10.2 Å². The number of carbonyl (C=O) groups excluding carboxylic acids is 3. The van der Waals surface area contributed by atoms with Crippen LogP contribution in [0.4, 0.5) is 10.8 Å². The van der Waals surface area contributed by atoms with E-state index in [0.717, 1.165) is 16.2 Å². The molecule has 0 aliphatic carbocycles. The van der Waals surface area contributed by atoms with Crippen molar-refractivity contribution in [2.24, 2.45) is 0 Å². The Kier molecular flexibility index (Phi) is 5.46. The first-order valence-electron chi connectivity index (χ1n) is 9.75. The molecule has 30 heavy (non-hydrogen) atoms. The van der Waals surface area contributed by atoms with E-state index in [1.54, 1.807) is 24.3 Å². The predicted molar refractivity (Wildman–Crippen MR) is 118 cm³/mol. The fourth-order valence-corrected chi connectivity index (χ4v) is 4.04. The highest BCUT2D eigenvalue weighted by Crippen LogP contribution is 2.28. The minimum Gasteiger partial charge on any atom is -0.298 e. The Bertz CT molecular complexity index is 1100. The Labute approximate surface area is 178 Å². The molecule has 6 nitrogen and oxygen atoms in total. The molecule has 152 valence electrons. The second-order valence-electron chi connectivity index (χ2n) is 7.44. The molecule has 1 aliphatic rings. The van der Waals surface area contributed by atoms with Gasteiger partial charge >= 0.3 is 0 Å². The van der Waals surface area contributed by atoms with E-state index in [4.69, 9.17) is 0 Å². The molecule has 0 radical (unpaired) electrons. The summed E-state index contributed by atoms with van der Waals surface area (Å²) in [6.07, 6.45) is 0.407. The van der Waals surface area contributed by atoms with Gasteiger partial charge in [0.1, 0.15) is 0 Å². The molecule has 0 spiro atoms. The summed E-state index contributed by atoms with van der Waals surface area (Å²) in [4.78, 5) is 42.2. The van der Waals surface area contributed by atoms with Crippen molar-refractivity contribution in [1.29, 1.82) is 0 Å². The van der Waals surface area contributed by atoms with Gasteiger partial charge in [-0.1, -0.05) is 44.2 Å². The van der Waals surface area contributed by atoms with Crippen LogP contribution in [0.1, 0.15) is 48.5 Å². The number of aromatic nitrogens is 1. The number of thiazole rings is 1. The zero-order valence-corrected chi connectivity index (χ0v) is 17.5. The molecule has 1 fully saturated rings. The van der Waals surface area contributed by atoms with E-state index < -0.39 is 0 Å². The number of hydrogen-bond donors (Lipinski definition) is 1. The van der Waals surface area contributed by atoms with Crippen LogP contribution in [-0.4, -0.2) is 22.7 Å². The first kappa shape index (κ1) is 20.0. The van der Waals surface area contributed by atoms with Crippen molar-refractivity contribution in [1.82, 2.24) is 4.98 Å². The average Bonchev–Trinajstić information content (AvgIpc) is 3.34. The van der Waals surface area contributed by atoms with Crippen molar-refractivity contribution in [2.75, 3.05) is 10.2 Å². The fraction of sp³-hybridized carbons (Fsp3) is 0.217. The van der Waals surface area contributed by atoms with Gasteiger partial charge in [-0.2, -0.15) is 0 Å². The zero-order chi connectivity index (χ0) is 21.3. The maximum absolute atomic E-state index is 12.7. The normalized spacial score (nSPS) is 13.9. The molecule has 7 heteroatoms. The predicted octanol–water partition coefficient (Wildman–Crippen LogP) is 4.84. The second kappa shape index (κ2) is 8.20. The highest BCUT2D eigenvalue weighted by molar-refractivity contribution is 7.14. The number of imide groups is 1. The number of amides is 3. The third-order valence-electron chi connectivity index (χ3n) is 5.02. The summed E-state index contributed by atoms with van der Waals surface area (Å²) in [7, 11) is 0. The van der Waals surface area contributed by atoms with E-state index in [1.165, 1.54) is 16.9 Å². The van der Waals surface area contributed by atoms with Crippen LogP contribution in [0, 0.1) is 0 Å². The van der Waals surface area contributed by atoms with E-state index in [2.05, 4.69) is 36.3 Å². The standard InChI is InChI=1S/C23H21N3O3S/c1-14(2)15-6-8-16(9-7-15)19-13-30-23(24-19)25-22(29)17-4-3-5-18(12-17)26-20(27)10-11-21(26)28/h3-9,12-14H,10-11H2,1-2H3,(H,24,25,29). The molecule has 3 aromatic rings. The Morgan fingerprint density at radius 1 is 1.07 bits per heavy atom. The van der Waals surface area contributed by atoms with Gasteiger partial charge in [0.05, 0.1) is 11.4 Å². The molecule has 3 amide bonds. The summed E-state index contributed by atoms with van der Waals surface area (Å²) in [6, 6.07) is 14.7. The van der Waals surface area contributed by atoms with Crippen LogP contribution in [0.5, 0.6) is 0 Å². The molecule has 1 saturated heterocycles. The lowest BCUT2D eigenvalue weighted by Gasteiger charge is -2.14. The molecule has 2 heterocycles. The Morgan fingerprint density at radius 3 is 2.43 bits per heavy atom. The number of benzene rings is 2. The lowest BCUT2D eigenvalue weighted by Crippen LogP contribution is -2.28. The minimum atomic E-state index is -0.341. The molecule has 0 saturated carbocycles. The van der Waals surface area contributed by atoms with Gasteiger partial charge in [-0.3, -0.25) is 24.6 Å². The number of nitrogens with zero attached hydrogens (tertiary/aromatic N) is 2. The molecule has 0 unspecified atom stereocenters. The molecule has 0 bridgehead atoms. The van der Waals surface area contributed by atoms with Gasteiger partial charge in [-0.25, -0.2) is 4.98 Å². The molecular weight excluding hydrogens is 398 g/mol. The van der Waals surface area contributed by atoms with Gasteiger partial charge in [0.15, 0.2) is 5.13 Å². The first-order chi connectivity index (χ1) is 14.4. The van der Waals surface area contributed by atoms with Crippen LogP contribution in [-0.2, 0) is 9.59 Å². The third kappa shape index (κ3) is 4.02. The maximum atomic E-state index is 12.7. The van der Waals surface area contributed by atoms with Crippen LogP contribution in [0.25, 0.3) is 11.3 Å². The SMILES string of the molecule is CC(C)c1ccc(-c2csc(NC(=O)c3cccc(N4C(=O)CCC4=O)c3)n2)cc1. The largest absolute Gasteiger partial charge is 0.298 e. The maximum Gasteiger partial charge on any atom is 0.257 e. The summed E-state index contributed by atoms with van der Waals surface area (Å²) in [5, 5.41) is 5.19. The number of carbonyl (C=O) groups is 3. The lowest BCUT2D eigenvalue weighted by molar-refractivity contribution is -0.121. The van der Waals surface area contributed by atoms with Gasteiger partial charge in [0.2, 0.25) is 11.8 Å². The summed E-state index contributed by atoms with van der Waals surface area (Å²) in [5.41, 5.74) is 3.83. The monoisotopic (exact) mass is 419 g/mol. The summed E-state index contributed by atoms with van der Waals surface area (Å²) in [6.45, 7) is 4.30. The Hall–Kier alpha value is -3.32. The number of hydrogen-bond acceptors (Lipinski definition) is 5. The summed E-state index contributed by atoms with van der Waals surface area (Å²) < 4.78 is 0. The quantitative estimate of drug-likeness (QED) is 0.600. The number of nitrogens with one attached hydrogen (secondary N) is 1. The van der Waals surface area contributed by atoms with Crippen molar-refractivity contribution >= 4 is 39.9 Å². The van der Waals surface area contributed by atoms with Crippen molar-refractivity contribution in [3.63, 3.8) is 0 Å². The number of anilines is 2. The molecular formula is C23H21N3O3S. The van der Waals surface area contributed by atoms with E-state index in [1.807, 2.05) is 17.5 Å². The van der Waals surface area contributed by atoms with E-state index in [0.29, 0.717) is 22.3 Å². The Balaban J connectivity index is 1.49. The van der Waals surface area contributed by atoms with E-state index >= 15 is 0 Å². The summed E-state index contributed by atoms with van der Waals surface area (Å²) >= 11 is 1.35. The molecule has 1 aliphatic heterocycles. The van der Waals surface area contributed by atoms with Gasteiger partial charge in [0, 0.05) is 29.3 Å². The minimum absolute atomic E-state index is 0.204. The van der Waals surface area contributed by atoms with Crippen LogP contribution in [0.15, 0.2) is 53.9 Å². The lowest BCUT2D eigenvalue weighted by atomic mass is 10.0. The highest BCUT2D eigenvalue weighted by atomic mass is 32.1. The van der Waals surface area contributed by atoms with Crippen molar-refractivity contribution in [3.8, 4) is 11.3 Å². The van der Waals surface area contributed by atoms with Crippen LogP contribution in [0.2, 0.25) is 0 Å². The van der Waals surface area contributed by atoms with Gasteiger partial charge in [-0.15, -0.1) is 11.3 Å². The zero-order valence-electron chi connectivity index (χ0n) is 16.7. The second-order valence-corrected chi connectivity index (χ2v) is 8.30. The molecule has 2 aromatic carbocycles. The topological polar surface area (TPSA) is 79.4 Å². The van der Waals surface area contributed by atoms with E-state index in [9.17, 15) is 14.4 Å². The van der Waals surface area contributed by atoms with Crippen molar-refractivity contribution in [2.45, 2.75) is 32.6 Å². The number of rotatable bonds is 5. The third-order valence-corrected chi connectivity index (χ3v) is 5.77. The average molecular weight is 420 g/mol. The van der Waals surface area contributed by atoms with Gasteiger partial charge < -0.3 is 0 Å². The Morgan fingerprint density at radius 2 is 1.77 bits per heavy atom. The molecule has 0 atom stereocenters. The van der Waals surface area contributed by atoms with Crippen molar-refractivity contribution in [3.05, 3.63) is 65.0 Å². The molecule has 1 aromatic heterocycles. The smallest absolute Gasteiger partial charge is 0.257 e. The van der Waals surface area contributed by atoms with Gasteiger partial charge in [0.25, 0.3) is 5.91 Å². The highest BCUT2D eigenvalue weighted by Gasteiger charge is 2.30. The fourth-order valence-electron chi connectivity index (χ4n) is 3.32. The van der Waals surface area contributed by atoms with E-state index in [-0.39, 0.29) is 30.6 Å². The van der Waals surface area contributed by atoms with Crippen LogP contribution in [0.3, 0.4) is 0 Å². The molecule has 1 N–H and O–H groups in total. The van der Waals surface area contributed by atoms with Crippen molar-refractivity contribution < 1.29 is 14.4 Å². The molecule has 4 rings (SSSR count). The summed E-state index contributed by atoms with van der Waals surface area (Å²) in [5.74, 6) is -0.366. The van der Waals surface area contributed by atoms with Crippen LogP contribution >= 0.6 is 11.3 Å². The van der Waals surface area contributed by atoms with Gasteiger partial charge in [-0.05, 0) is 29.7 Å². The first-order valence-corrected chi connectivity index (χ1v) is 10.6.